The van der Waals surface area contributed by atoms with E-state index >= 15 is 0 Å². The highest BCUT2D eigenvalue weighted by Crippen LogP contribution is 2.41. The van der Waals surface area contributed by atoms with Gasteiger partial charge in [-0.15, -0.1) is 0 Å². The lowest BCUT2D eigenvalue weighted by Crippen LogP contribution is -2.41. The first-order valence-electron chi connectivity index (χ1n) is 13.7. The fraction of sp³-hybridized carbons (Fsp3) is 0.607. The Balaban J connectivity index is 1.33. The number of halogens is 1. The minimum Gasteiger partial charge on any atom is -0.361 e. The maximum absolute atomic E-state index is 6.34. The van der Waals surface area contributed by atoms with Crippen molar-refractivity contribution in [2.24, 2.45) is 0 Å². The minimum atomic E-state index is 0.0571. The fourth-order valence-electron chi connectivity index (χ4n) is 6.18. The van der Waals surface area contributed by atoms with Crippen LogP contribution in [-0.2, 0) is 5.41 Å². The van der Waals surface area contributed by atoms with Crippen molar-refractivity contribution in [3.8, 4) is 0 Å². The van der Waals surface area contributed by atoms with Gasteiger partial charge >= 0.3 is 0 Å². The van der Waals surface area contributed by atoms with Crippen LogP contribution in [0.5, 0.6) is 0 Å². The Hall–Kier alpha value is -2.12. The second-order valence-electron chi connectivity index (χ2n) is 10.8. The van der Waals surface area contributed by atoms with Crippen molar-refractivity contribution in [3.63, 3.8) is 0 Å². The van der Waals surface area contributed by atoms with Crippen LogP contribution >= 0.6 is 23.8 Å². The van der Waals surface area contributed by atoms with Crippen molar-refractivity contribution in [1.82, 2.24) is 15.3 Å². The van der Waals surface area contributed by atoms with E-state index in [1.54, 1.807) is 0 Å². The predicted molar refractivity (Wildman–Crippen MR) is 155 cm³/mol. The summed E-state index contributed by atoms with van der Waals surface area (Å²) in [5.74, 6) is 2.61. The van der Waals surface area contributed by atoms with Crippen LogP contribution in [0.15, 0.2) is 30.3 Å². The highest BCUT2D eigenvalue weighted by atomic mass is 35.5. The van der Waals surface area contributed by atoms with Gasteiger partial charge in [0.15, 0.2) is 5.11 Å². The highest BCUT2D eigenvalue weighted by Gasteiger charge is 2.36. The Morgan fingerprint density at radius 1 is 1.00 bits per heavy atom. The molecule has 0 amide bonds. The number of thiocarbonyl (C=S) groups is 1. The van der Waals surface area contributed by atoms with Crippen molar-refractivity contribution in [2.75, 3.05) is 41.3 Å². The van der Waals surface area contributed by atoms with Crippen LogP contribution in [0, 0.1) is 0 Å². The summed E-state index contributed by atoms with van der Waals surface area (Å²) >= 11 is 12.1. The van der Waals surface area contributed by atoms with Gasteiger partial charge in [0.2, 0.25) is 5.95 Å². The summed E-state index contributed by atoms with van der Waals surface area (Å²) in [5, 5.41) is 8.22. The molecule has 1 aliphatic carbocycles. The van der Waals surface area contributed by atoms with Crippen molar-refractivity contribution >= 4 is 46.5 Å². The Kier molecular flexibility index (Phi) is 8.16. The highest BCUT2D eigenvalue weighted by molar-refractivity contribution is 7.80. The Bertz CT molecular complexity index is 1050. The number of hydrogen-bond donors (Lipinski definition) is 2. The fourth-order valence-corrected chi connectivity index (χ4v) is 6.54. The molecule has 1 saturated carbocycles. The molecular weight excluding hydrogens is 488 g/mol. The summed E-state index contributed by atoms with van der Waals surface area (Å²) in [6, 6.07) is 11.0. The molecule has 0 unspecified atom stereocenters. The molecule has 2 saturated heterocycles. The lowest BCUT2D eigenvalue weighted by atomic mass is 9.79. The number of anilines is 3. The first kappa shape index (κ1) is 25.5. The normalized spacial score (nSPS) is 21.9. The quantitative estimate of drug-likeness (QED) is 0.428. The van der Waals surface area contributed by atoms with Crippen LogP contribution in [0.3, 0.4) is 0 Å². The number of rotatable bonds is 6. The third-order valence-electron chi connectivity index (χ3n) is 8.29. The monoisotopic (exact) mass is 526 g/mol. The van der Waals surface area contributed by atoms with E-state index in [1.807, 2.05) is 6.07 Å². The molecule has 2 aromatic rings. The first-order valence-corrected chi connectivity index (χ1v) is 14.5. The first-order chi connectivity index (χ1) is 17.5. The number of nitrogens with one attached hydrogen (secondary N) is 2. The van der Waals surface area contributed by atoms with Crippen LogP contribution < -0.4 is 20.4 Å². The summed E-state index contributed by atoms with van der Waals surface area (Å²) < 4.78 is 0. The number of nitrogens with zero attached hydrogens (tertiary/aromatic N) is 4. The van der Waals surface area contributed by atoms with E-state index in [0.717, 1.165) is 55.7 Å². The molecule has 3 aliphatic rings. The summed E-state index contributed by atoms with van der Waals surface area (Å²) in [5.41, 5.74) is 1.36. The summed E-state index contributed by atoms with van der Waals surface area (Å²) in [7, 11) is 0. The zero-order valence-corrected chi connectivity index (χ0v) is 23.0. The Morgan fingerprint density at radius 2 is 1.75 bits per heavy atom. The average Bonchev–Trinajstić information content (AvgIpc) is 3.38. The molecule has 0 radical (unpaired) electrons. The van der Waals surface area contributed by atoms with Gasteiger partial charge in [-0.2, -0.15) is 9.97 Å². The van der Waals surface area contributed by atoms with Crippen molar-refractivity contribution < 1.29 is 0 Å². The molecule has 5 rings (SSSR count). The molecule has 0 bridgehead atoms. The second kappa shape index (κ2) is 11.5. The molecule has 0 spiro atoms. The number of aromatic nitrogens is 2. The molecule has 1 atom stereocenters. The molecule has 3 heterocycles. The molecule has 2 aliphatic heterocycles. The molecule has 2 N–H and O–H groups in total. The van der Waals surface area contributed by atoms with E-state index in [0.29, 0.717) is 17.1 Å². The van der Waals surface area contributed by atoms with Crippen molar-refractivity contribution in [3.05, 3.63) is 40.9 Å². The van der Waals surface area contributed by atoms with Crippen molar-refractivity contribution in [1.29, 1.82) is 0 Å². The van der Waals surface area contributed by atoms with E-state index in [2.05, 4.69) is 51.6 Å². The molecule has 8 heteroatoms. The van der Waals surface area contributed by atoms with Crippen LogP contribution in [0.4, 0.5) is 17.6 Å². The number of piperidine rings is 2. The SMILES string of the molecule is C[C@H]1CCCCN1c1cc(N2CCCCC2)nc(NC(=S)NCC2(c3cccc(Cl)c3)CCCC2)n1. The van der Waals surface area contributed by atoms with E-state index in [9.17, 15) is 0 Å². The van der Waals surface area contributed by atoms with Gasteiger partial charge in [0, 0.05) is 48.7 Å². The zero-order chi connectivity index (χ0) is 25.0. The zero-order valence-electron chi connectivity index (χ0n) is 21.4. The van der Waals surface area contributed by atoms with Gasteiger partial charge in [-0.1, -0.05) is 36.6 Å². The topological polar surface area (TPSA) is 56.3 Å². The van der Waals surface area contributed by atoms with Gasteiger partial charge < -0.3 is 20.4 Å². The molecule has 6 nitrogen and oxygen atoms in total. The minimum absolute atomic E-state index is 0.0571. The van der Waals surface area contributed by atoms with Gasteiger partial charge in [-0.25, -0.2) is 0 Å². The molecule has 194 valence electrons. The molecule has 1 aromatic carbocycles. The predicted octanol–water partition coefficient (Wildman–Crippen LogP) is 6.30. The van der Waals surface area contributed by atoms with Crippen molar-refractivity contribution in [2.45, 2.75) is 82.6 Å². The number of benzene rings is 1. The van der Waals surface area contributed by atoms with Gasteiger partial charge in [0.1, 0.15) is 11.6 Å². The Morgan fingerprint density at radius 3 is 2.50 bits per heavy atom. The summed E-state index contributed by atoms with van der Waals surface area (Å²) in [6.45, 7) is 6.23. The number of hydrogen-bond acceptors (Lipinski definition) is 5. The second-order valence-corrected chi connectivity index (χ2v) is 11.6. The van der Waals surface area contributed by atoms with Crippen LogP contribution in [0.2, 0.25) is 5.02 Å². The lowest BCUT2D eigenvalue weighted by Gasteiger charge is -2.35. The molecule has 3 fully saturated rings. The maximum atomic E-state index is 6.34. The smallest absolute Gasteiger partial charge is 0.232 e. The molecular formula is C28H39ClN6S. The van der Waals surface area contributed by atoms with E-state index in [1.165, 1.54) is 56.9 Å². The summed E-state index contributed by atoms with van der Waals surface area (Å²) in [6.07, 6.45) is 12.2. The molecule has 36 heavy (non-hydrogen) atoms. The van der Waals surface area contributed by atoms with Gasteiger partial charge in [-0.05, 0) is 88.2 Å². The summed E-state index contributed by atoms with van der Waals surface area (Å²) in [4.78, 5) is 14.7. The van der Waals surface area contributed by atoms with E-state index < -0.39 is 0 Å². The van der Waals surface area contributed by atoms with Crippen LogP contribution in [0.25, 0.3) is 0 Å². The van der Waals surface area contributed by atoms with E-state index in [4.69, 9.17) is 33.8 Å². The standard InChI is InChI=1S/C28H39ClN6S/c1-21-10-3-8-17-35(21)25-19-24(34-15-6-2-7-16-34)31-26(32-25)33-27(36)30-20-28(13-4-5-14-28)22-11-9-12-23(29)18-22/h9,11-12,18-19,21H,2-8,10,13-17,20H2,1H3,(H2,30,31,32,33,36)/t21-/m0/s1. The van der Waals surface area contributed by atoms with E-state index in [-0.39, 0.29) is 5.41 Å². The third kappa shape index (κ3) is 5.88. The third-order valence-corrected chi connectivity index (χ3v) is 8.77. The molecule has 1 aromatic heterocycles. The maximum Gasteiger partial charge on any atom is 0.232 e. The van der Waals surface area contributed by atoms with Gasteiger partial charge in [0.05, 0.1) is 0 Å². The van der Waals surface area contributed by atoms with Gasteiger partial charge in [-0.3, -0.25) is 0 Å². The largest absolute Gasteiger partial charge is 0.361 e. The lowest BCUT2D eigenvalue weighted by molar-refractivity contribution is 0.435. The Labute approximate surface area is 226 Å². The van der Waals surface area contributed by atoms with Crippen LogP contribution in [-0.4, -0.2) is 47.3 Å². The van der Waals surface area contributed by atoms with Gasteiger partial charge in [0.25, 0.3) is 0 Å². The average molecular weight is 527 g/mol. The van der Waals surface area contributed by atoms with Crippen LogP contribution in [0.1, 0.15) is 76.7 Å².